The summed E-state index contributed by atoms with van der Waals surface area (Å²) >= 11 is 0. The Labute approximate surface area is 238 Å². The van der Waals surface area contributed by atoms with E-state index in [1.807, 2.05) is 48.5 Å². The molecule has 0 saturated heterocycles. The van der Waals surface area contributed by atoms with Gasteiger partial charge in [-0.2, -0.15) is 0 Å². The van der Waals surface area contributed by atoms with Gasteiger partial charge in [-0.05, 0) is 97.7 Å². The minimum atomic E-state index is -0.752. The second-order valence-electron chi connectivity index (χ2n) is 10.2. The molecule has 0 fully saturated rings. The first kappa shape index (κ1) is 27.0. The summed E-state index contributed by atoms with van der Waals surface area (Å²) in [6.45, 7) is -0.0858. The largest absolute Gasteiger partial charge is 0.491 e. The van der Waals surface area contributed by atoms with Crippen molar-refractivity contribution < 1.29 is 29.9 Å². The Balaban J connectivity index is 1.68. The van der Waals surface area contributed by atoms with Crippen molar-refractivity contribution >= 4 is 10.8 Å². The number of rotatable bonds is 10. The number of benzene rings is 5. The molecular formula is C35H32O6. The molecule has 0 bridgehead atoms. The topological polar surface area (TPSA) is 99.4 Å². The average molecular weight is 549 g/mol. The molecule has 0 radical (unpaired) electrons. The van der Waals surface area contributed by atoms with E-state index in [1.54, 1.807) is 0 Å². The van der Waals surface area contributed by atoms with E-state index in [4.69, 9.17) is 9.47 Å². The lowest BCUT2D eigenvalue weighted by atomic mass is 9.67. The summed E-state index contributed by atoms with van der Waals surface area (Å²) in [5.41, 5.74) is 6.82. The van der Waals surface area contributed by atoms with Crippen LogP contribution >= 0.6 is 0 Å². The van der Waals surface area contributed by atoms with E-state index in [0.29, 0.717) is 22.6 Å². The van der Waals surface area contributed by atoms with Crippen LogP contribution in [0.1, 0.15) is 33.4 Å². The van der Waals surface area contributed by atoms with Gasteiger partial charge >= 0.3 is 0 Å². The molecule has 0 aromatic heterocycles. The fourth-order valence-corrected chi connectivity index (χ4v) is 6.15. The lowest BCUT2D eigenvalue weighted by Crippen LogP contribution is -2.29. The summed E-state index contributed by atoms with van der Waals surface area (Å²) in [5, 5.41) is 41.2. The molecule has 6 rings (SSSR count). The summed E-state index contributed by atoms with van der Waals surface area (Å²) in [5.74, 6) is 1.32. The zero-order valence-corrected chi connectivity index (χ0v) is 22.6. The molecule has 0 saturated carbocycles. The molecule has 4 N–H and O–H groups in total. The molecule has 1 aliphatic rings. The monoisotopic (exact) mass is 548 g/mol. The van der Waals surface area contributed by atoms with Crippen LogP contribution in [0.2, 0.25) is 0 Å². The van der Waals surface area contributed by atoms with Gasteiger partial charge in [0, 0.05) is 0 Å². The standard InChI is InChI=1S/C35H32O6/c36-13-15-40-29-9-5-27(6-10-29)35(28-7-11-30(12-8-28)41-16-14-37)33-19-24-4-2-1-3-23(24)17-31(33)32-18-25(21-38)26(22-39)20-34(32)35/h1-12,17-20,36-39H,13-16,21-22H2. The third kappa shape index (κ3) is 4.55. The van der Waals surface area contributed by atoms with Crippen molar-refractivity contribution in [1.29, 1.82) is 0 Å². The predicted octanol–water partition coefficient (Wildman–Crippen LogP) is 4.93. The molecule has 0 heterocycles. The van der Waals surface area contributed by atoms with E-state index in [2.05, 4.69) is 48.5 Å². The second-order valence-corrected chi connectivity index (χ2v) is 10.2. The quantitative estimate of drug-likeness (QED) is 0.194. The Kier molecular flexibility index (Phi) is 7.47. The van der Waals surface area contributed by atoms with Gasteiger partial charge < -0.3 is 29.9 Å². The number of fused-ring (bicyclic) bond motifs is 4. The lowest BCUT2D eigenvalue weighted by Gasteiger charge is -2.34. The highest BCUT2D eigenvalue weighted by atomic mass is 16.5. The van der Waals surface area contributed by atoms with E-state index < -0.39 is 5.41 Å². The Hall–Kier alpha value is -4.20. The van der Waals surface area contributed by atoms with Gasteiger partial charge in [0.25, 0.3) is 0 Å². The van der Waals surface area contributed by atoms with Gasteiger partial charge in [-0.3, -0.25) is 0 Å². The highest BCUT2D eigenvalue weighted by Crippen LogP contribution is 2.57. The van der Waals surface area contributed by atoms with Crippen molar-refractivity contribution in [2.75, 3.05) is 26.4 Å². The van der Waals surface area contributed by atoms with Crippen LogP contribution in [0.3, 0.4) is 0 Å². The van der Waals surface area contributed by atoms with E-state index in [9.17, 15) is 20.4 Å². The number of hydrogen-bond acceptors (Lipinski definition) is 6. The first-order chi connectivity index (χ1) is 20.1. The fraction of sp³-hybridized carbons (Fsp3) is 0.200. The van der Waals surface area contributed by atoms with Crippen molar-refractivity contribution in [3.63, 3.8) is 0 Å². The predicted molar refractivity (Wildman–Crippen MR) is 158 cm³/mol. The maximum atomic E-state index is 10.3. The van der Waals surface area contributed by atoms with Crippen molar-refractivity contribution in [3.05, 3.63) is 130 Å². The first-order valence-corrected chi connectivity index (χ1v) is 13.7. The van der Waals surface area contributed by atoms with Crippen LogP contribution in [0, 0.1) is 0 Å². The van der Waals surface area contributed by atoms with Crippen LogP contribution in [0.15, 0.2) is 97.1 Å². The highest BCUT2D eigenvalue weighted by molar-refractivity contribution is 5.96. The zero-order valence-electron chi connectivity index (χ0n) is 22.6. The normalized spacial score (nSPS) is 13.2. The molecule has 6 nitrogen and oxygen atoms in total. The summed E-state index contributed by atoms with van der Waals surface area (Å²) in [7, 11) is 0. The van der Waals surface area contributed by atoms with Gasteiger partial charge in [0.2, 0.25) is 0 Å². The molecule has 0 amide bonds. The van der Waals surface area contributed by atoms with Crippen molar-refractivity contribution in [2.24, 2.45) is 0 Å². The van der Waals surface area contributed by atoms with Crippen LogP contribution in [-0.2, 0) is 18.6 Å². The maximum Gasteiger partial charge on any atom is 0.119 e. The summed E-state index contributed by atoms with van der Waals surface area (Å²) < 4.78 is 11.4. The van der Waals surface area contributed by atoms with Crippen LogP contribution in [0.25, 0.3) is 21.9 Å². The van der Waals surface area contributed by atoms with Gasteiger partial charge in [0.15, 0.2) is 0 Å². The smallest absolute Gasteiger partial charge is 0.119 e. The fourth-order valence-electron chi connectivity index (χ4n) is 6.15. The SMILES string of the molecule is OCCOc1ccc(C2(c3ccc(OCCO)cc3)c3cc(CO)c(CO)cc3-c3cc4ccccc4cc32)cc1. The molecule has 5 aromatic rings. The Morgan fingerprint density at radius 2 is 0.976 bits per heavy atom. The van der Waals surface area contributed by atoms with Crippen LogP contribution < -0.4 is 9.47 Å². The first-order valence-electron chi connectivity index (χ1n) is 13.7. The van der Waals surface area contributed by atoms with Crippen molar-refractivity contribution in [1.82, 2.24) is 0 Å². The highest BCUT2D eigenvalue weighted by Gasteiger charge is 2.46. The van der Waals surface area contributed by atoms with E-state index in [-0.39, 0.29) is 39.6 Å². The zero-order chi connectivity index (χ0) is 28.4. The van der Waals surface area contributed by atoms with Crippen LogP contribution in [0.5, 0.6) is 11.5 Å². The Bertz CT molecular complexity index is 1620. The van der Waals surface area contributed by atoms with Crippen LogP contribution in [-0.4, -0.2) is 46.9 Å². The molecule has 5 aromatic carbocycles. The minimum Gasteiger partial charge on any atom is -0.491 e. The van der Waals surface area contributed by atoms with E-state index in [1.165, 1.54) is 0 Å². The van der Waals surface area contributed by atoms with E-state index >= 15 is 0 Å². The number of ether oxygens (including phenoxy) is 2. The van der Waals surface area contributed by atoms with E-state index in [0.717, 1.165) is 44.2 Å². The summed E-state index contributed by atoms with van der Waals surface area (Å²) in [6.07, 6.45) is 0. The van der Waals surface area contributed by atoms with Gasteiger partial charge in [0.1, 0.15) is 24.7 Å². The number of hydrogen-bond donors (Lipinski definition) is 4. The second kappa shape index (κ2) is 11.4. The van der Waals surface area contributed by atoms with Gasteiger partial charge in [-0.15, -0.1) is 0 Å². The number of aliphatic hydroxyl groups excluding tert-OH is 4. The Morgan fingerprint density at radius 3 is 1.49 bits per heavy atom. The molecule has 41 heavy (non-hydrogen) atoms. The Morgan fingerprint density at radius 1 is 0.512 bits per heavy atom. The third-order valence-corrected chi connectivity index (χ3v) is 7.96. The van der Waals surface area contributed by atoms with Gasteiger partial charge in [0.05, 0.1) is 31.8 Å². The summed E-state index contributed by atoms with van der Waals surface area (Å²) in [6, 6.07) is 32.6. The van der Waals surface area contributed by atoms with Crippen molar-refractivity contribution in [3.8, 4) is 22.6 Å². The molecule has 6 heteroatoms. The molecule has 0 spiro atoms. The van der Waals surface area contributed by atoms with Gasteiger partial charge in [-0.25, -0.2) is 0 Å². The summed E-state index contributed by atoms with van der Waals surface area (Å²) in [4.78, 5) is 0. The van der Waals surface area contributed by atoms with Gasteiger partial charge in [-0.1, -0.05) is 54.6 Å². The average Bonchev–Trinajstić information content (AvgIpc) is 3.30. The molecule has 0 aliphatic heterocycles. The lowest BCUT2D eigenvalue weighted by molar-refractivity contribution is 0.201. The minimum absolute atomic E-state index is 0.0681. The third-order valence-electron chi connectivity index (χ3n) is 7.96. The molecular weight excluding hydrogens is 516 g/mol. The molecule has 0 atom stereocenters. The molecule has 1 aliphatic carbocycles. The van der Waals surface area contributed by atoms with Crippen molar-refractivity contribution in [2.45, 2.75) is 18.6 Å². The maximum absolute atomic E-state index is 10.3. The van der Waals surface area contributed by atoms with Crippen LogP contribution in [0.4, 0.5) is 0 Å². The molecule has 208 valence electrons. The molecule has 0 unspecified atom stereocenters. The number of aliphatic hydroxyl groups is 4.